The molecule has 0 bridgehead atoms. The zero-order chi connectivity index (χ0) is 16.5. The predicted octanol–water partition coefficient (Wildman–Crippen LogP) is 2.41. The van der Waals surface area contributed by atoms with Crippen LogP contribution >= 0.6 is 0 Å². The van der Waals surface area contributed by atoms with Crippen LogP contribution in [0.2, 0.25) is 0 Å². The fourth-order valence-electron chi connectivity index (χ4n) is 3.52. The minimum atomic E-state index is 0.00313. The first-order chi connectivity index (χ1) is 11.8. The summed E-state index contributed by atoms with van der Waals surface area (Å²) in [5, 5.41) is 10.8. The van der Waals surface area contributed by atoms with E-state index in [9.17, 15) is 9.90 Å². The summed E-state index contributed by atoms with van der Waals surface area (Å²) in [5.41, 5.74) is 2.56. The number of aromatic amines is 1. The normalized spacial score (nSPS) is 20.6. The van der Waals surface area contributed by atoms with Crippen molar-refractivity contribution in [2.24, 2.45) is 5.92 Å². The zero-order valence-electron chi connectivity index (χ0n) is 13.2. The number of H-pyrrole nitrogens is 1. The van der Waals surface area contributed by atoms with E-state index >= 15 is 0 Å². The van der Waals surface area contributed by atoms with E-state index in [1.54, 1.807) is 6.20 Å². The van der Waals surface area contributed by atoms with Gasteiger partial charge in [-0.2, -0.15) is 0 Å². The van der Waals surface area contributed by atoms with Crippen molar-refractivity contribution in [3.8, 4) is 0 Å². The smallest absolute Gasteiger partial charge is 0.253 e. The molecule has 122 valence electrons. The highest BCUT2D eigenvalue weighted by atomic mass is 16.3. The van der Waals surface area contributed by atoms with Crippen LogP contribution in [0.25, 0.3) is 10.9 Å². The highest BCUT2D eigenvalue weighted by Gasteiger charge is 2.36. The number of nitrogens with one attached hydrogen (secondary N) is 1. The Bertz CT molecular complexity index is 859. The van der Waals surface area contributed by atoms with Gasteiger partial charge in [-0.1, -0.05) is 12.1 Å². The van der Waals surface area contributed by atoms with Crippen LogP contribution in [0.4, 0.5) is 0 Å². The number of likely N-dealkylation sites (tertiary alicyclic amines) is 1. The van der Waals surface area contributed by atoms with Gasteiger partial charge in [-0.15, -0.1) is 0 Å². The number of benzene rings is 1. The predicted molar refractivity (Wildman–Crippen MR) is 91.8 cm³/mol. The largest absolute Gasteiger partial charge is 0.396 e. The highest BCUT2D eigenvalue weighted by molar-refractivity contribution is 5.98. The second kappa shape index (κ2) is 6.09. The van der Waals surface area contributed by atoms with Gasteiger partial charge in [0.25, 0.3) is 5.91 Å². The van der Waals surface area contributed by atoms with E-state index < -0.39 is 0 Å². The monoisotopic (exact) mass is 321 g/mol. The van der Waals surface area contributed by atoms with E-state index in [1.807, 2.05) is 53.6 Å². The number of carbonyl (C=O) groups excluding carboxylic acids is 1. The molecule has 1 saturated heterocycles. The van der Waals surface area contributed by atoms with E-state index in [0.29, 0.717) is 18.7 Å². The van der Waals surface area contributed by atoms with Crippen molar-refractivity contribution in [1.29, 1.82) is 0 Å². The van der Waals surface area contributed by atoms with Crippen LogP contribution in [0.1, 0.15) is 22.0 Å². The van der Waals surface area contributed by atoms with Crippen LogP contribution in [0.5, 0.6) is 0 Å². The molecule has 0 aliphatic carbocycles. The fourth-order valence-corrected chi connectivity index (χ4v) is 3.52. The maximum absolute atomic E-state index is 12.9. The van der Waals surface area contributed by atoms with Gasteiger partial charge in [-0.3, -0.25) is 9.78 Å². The Morgan fingerprint density at radius 1 is 1.25 bits per heavy atom. The molecule has 24 heavy (non-hydrogen) atoms. The Morgan fingerprint density at radius 2 is 2.17 bits per heavy atom. The number of amides is 1. The van der Waals surface area contributed by atoms with E-state index in [0.717, 1.165) is 16.6 Å². The summed E-state index contributed by atoms with van der Waals surface area (Å²) in [6, 6.07) is 13.5. The first-order valence-electron chi connectivity index (χ1n) is 8.14. The molecule has 1 aromatic carbocycles. The Morgan fingerprint density at radius 3 is 2.96 bits per heavy atom. The lowest BCUT2D eigenvalue weighted by Crippen LogP contribution is -2.29. The molecule has 5 heteroatoms. The van der Waals surface area contributed by atoms with Crippen molar-refractivity contribution >= 4 is 16.8 Å². The van der Waals surface area contributed by atoms with Gasteiger partial charge in [0.15, 0.2) is 0 Å². The molecule has 0 unspecified atom stereocenters. The zero-order valence-corrected chi connectivity index (χ0v) is 13.2. The topological polar surface area (TPSA) is 69.2 Å². The SMILES string of the molecule is O=C(c1ccc2cc[nH]c2c1)N1C[C@@H](CO)[C@H](c2ccccn2)C1. The summed E-state index contributed by atoms with van der Waals surface area (Å²) in [6.07, 6.45) is 3.63. The fraction of sp³-hybridized carbons (Fsp3) is 0.263. The van der Waals surface area contributed by atoms with E-state index in [-0.39, 0.29) is 24.3 Å². The molecule has 3 aromatic rings. The molecule has 1 aliphatic heterocycles. The van der Waals surface area contributed by atoms with Crippen molar-refractivity contribution in [2.75, 3.05) is 19.7 Å². The number of aliphatic hydroxyl groups is 1. The summed E-state index contributed by atoms with van der Waals surface area (Å²) in [7, 11) is 0. The Hall–Kier alpha value is -2.66. The Kier molecular flexibility index (Phi) is 3.78. The maximum Gasteiger partial charge on any atom is 0.253 e. The van der Waals surface area contributed by atoms with Crippen molar-refractivity contribution < 1.29 is 9.90 Å². The van der Waals surface area contributed by atoms with Crippen molar-refractivity contribution in [3.05, 3.63) is 66.1 Å². The van der Waals surface area contributed by atoms with Crippen molar-refractivity contribution in [1.82, 2.24) is 14.9 Å². The molecule has 1 fully saturated rings. The van der Waals surface area contributed by atoms with E-state index in [1.165, 1.54) is 0 Å². The van der Waals surface area contributed by atoms with Crippen LogP contribution < -0.4 is 0 Å². The van der Waals surface area contributed by atoms with Gasteiger partial charge in [0.1, 0.15) is 0 Å². The highest BCUT2D eigenvalue weighted by Crippen LogP contribution is 2.32. The van der Waals surface area contributed by atoms with Gasteiger partial charge in [0, 0.05) is 60.7 Å². The van der Waals surface area contributed by atoms with Gasteiger partial charge in [-0.05, 0) is 35.7 Å². The van der Waals surface area contributed by atoms with Crippen molar-refractivity contribution in [2.45, 2.75) is 5.92 Å². The van der Waals surface area contributed by atoms with Crippen LogP contribution in [-0.2, 0) is 0 Å². The molecule has 5 nitrogen and oxygen atoms in total. The number of nitrogens with zero attached hydrogens (tertiary/aromatic N) is 2. The Balaban J connectivity index is 1.59. The second-order valence-electron chi connectivity index (χ2n) is 6.29. The lowest BCUT2D eigenvalue weighted by molar-refractivity contribution is 0.0781. The molecular formula is C19H19N3O2. The molecule has 1 amide bonds. The molecule has 2 atom stereocenters. The van der Waals surface area contributed by atoms with Crippen LogP contribution in [0, 0.1) is 5.92 Å². The molecule has 0 spiro atoms. The summed E-state index contributed by atoms with van der Waals surface area (Å²) in [6.45, 7) is 1.20. The standard InChI is InChI=1S/C19H19N3O2/c23-12-15-10-22(11-16(15)17-3-1-2-7-20-17)19(24)14-5-4-13-6-8-21-18(13)9-14/h1-9,15-16,21,23H,10-12H2/t15-,16+/m0/s1. The number of pyridine rings is 1. The molecule has 4 rings (SSSR count). The lowest BCUT2D eigenvalue weighted by Gasteiger charge is -2.16. The van der Waals surface area contributed by atoms with Gasteiger partial charge in [-0.25, -0.2) is 0 Å². The van der Waals surface area contributed by atoms with Crippen LogP contribution in [-0.4, -0.2) is 45.6 Å². The number of carbonyl (C=O) groups is 1. The summed E-state index contributed by atoms with van der Waals surface area (Å²) < 4.78 is 0. The third kappa shape index (κ3) is 2.57. The second-order valence-corrected chi connectivity index (χ2v) is 6.29. The Labute approximate surface area is 139 Å². The van der Waals surface area contributed by atoms with Gasteiger partial charge in [0.2, 0.25) is 0 Å². The van der Waals surface area contributed by atoms with Gasteiger partial charge >= 0.3 is 0 Å². The average Bonchev–Trinajstić information content (AvgIpc) is 3.27. The number of aliphatic hydroxyl groups excluding tert-OH is 1. The molecule has 1 aliphatic rings. The lowest BCUT2D eigenvalue weighted by atomic mass is 9.93. The third-order valence-corrected chi connectivity index (χ3v) is 4.83. The quantitative estimate of drug-likeness (QED) is 0.778. The summed E-state index contributed by atoms with van der Waals surface area (Å²) in [4.78, 5) is 22.2. The van der Waals surface area contributed by atoms with Crippen molar-refractivity contribution in [3.63, 3.8) is 0 Å². The number of hydrogen-bond donors (Lipinski definition) is 2. The molecule has 0 radical (unpaired) electrons. The minimum Gasteiger partial charge on any atom is -0.396 e. The third-order valence-electron chi connectivity index (χ3n) is 4.83. The average molecular weight is 321 g/mol. The number of hydrogen-bond acceptors (Lipinski definition) is 3. The molecule has 2 N–H and O–H groups in total. The van der Waals surface area contributed by atoms with Crippen LogP contribution in [0.15, 0.2) is 54.9 Å². The first-order valence-corrected chi connectivity index (χ1v) is 8.14. The number of rotatable bonds is 3. The van der Waals surface area contributed by atoms with E-state index in [2.05, 4.69) is 9.97 Å². The minimum absolute atomic E-state index is 0.00313. The molecular weight excluding hydrogens is 302 g/mol. The number of aromatic nitrogens is 2. The maximum atomic E-state index is 12.9. The first kappa shape index (κ1) is 14.9. The molecule has 2 aromatic heterocycles. The summed E-state index contributed by atoms with van der Waals surface area (Å²) in [5.74, 6) is 0.107. The number of fused-ring (bicyclic) bond motifs is 1. The summed E-state index contributed by atoms with van der Waals surface area (Å²) >= 11 is 0. The van der Waals surface area contributed by atoms with Gasteiger partial charge in [0.05, 0.1) is 0 Å². The van der Waals surface area contributed by atoms with E-state index in [4.69, 9.17) is 0 Å². The van der Waals surface area contributed by atoms with Gasteiger partial charge < -0.3 is 15.0 Å². The van der Waals surface area contributed by atoms with Crippen LogP contribution in [0.3, 0.4) is 0 Å². The molecule has 0 saturated carbocycles. The molecule has 3 heterocycles.